The lowest BCUT2D eigenvalue weighted by Gasteiger charge is -2.01. The molecular weight excluding hydrogens is 258 g/mol. The second-order valence-corrected chi connectivity index (χ2v) is 5.03. The summed E-state index contributed by atoms with van der Waals surface area (Å²) in [6.07, 6.45) is 12.4. The molecule has 0 saturated heterocycles. The Morgan fingerprint density at radius 3 is 1.55 bits per heavy atom. The summed E-state index contributed by atoms with van der Waals surface area (Å²) < 4.78 is 0. The van der Waals surface area contributed by atoms with E-state index in [0.717, 1.165) is 38.5 Å². The second kappa shape index (κ2) is 13.9. The maximum atomic E-state index is 10.9. The maximum Gasteiger partial charge on any atom is 0.303 e. The summed E-state index contributed by atoms with van der Waals surface area (Å²) in [7, 11) is 0. The number of aliphatic imine (C=N–C) groups is 1. The second-order valence-electron chi connectivity index (χ2n) is 5.03. The SMILES string of the molecule is O=C=NC(=O)CCCCCCCCCCCCC(=O)O. The molecule has 0 aromatic carbocycles. The number of unbranched alkanes of at least 4 members (excludes halogenated alkanes) is 9. The van der Waals surface area contributed by atoms with Crippen molar-refractivity contribution in [1.82, 2.24) is 0 Å². The van der Waals surface area contributed by atoms with Gasteiger partial charge in [0.25, 0.3) is 5.91 Å². The van der Waals surface area contributed by atoms with Crippen LogP contribution in [-0.4, -0.2) is 23.1 Å². The van der Waals surface area contributed by atoms with E-state index in [1.165, 1.54) is 31.8 Å². The van der Waals surface area contributed by atoms with Crippen molar-refractivity contribution in [2.24, 2.45) is 4.99 Å². The van der Waals surface area contributed by atoms with Crippen LogP contribution in [0.5, 0.6) is 0 Å². The molecule has 0 aliphatic heterocycles. The number of carbonyl (C=O) groups excluding carboxylic acids is 2. The molecule has 5 nitrogen and oxygen atoms in total. The van der Waals surface area contributed by atoms with Crippen molar-refractivity contribution in [3.05, 3.63) is 0 Å². The summed E-state index contributed by atoms with van der Waals surface area (Å²) in [4.78, 5) is 34.0. The van der Waals surface area contributed by atoms with Crippen LogP contribution < -0.4 is 0 Å². The smallest absolute Gasteiger partial charge is 0.303 e. The van der Waals surface area contributed by atoms with E-state index in [2.05, 4.69) is 4.99 Å². The van der Waals surface area contributed by atoms with E-state index in [0.29, 0.717) is 6.42 Å². The quantitative estimate of drug-likeness (QED) is 0.318. The molecule has 0 aliphatic carbocycles. The zero-order valence-electron chi connectivity index (χ0n) is 12.1. The average Bonchev–Trinajstić information content (AvgIpc) is 2.40. The van der Waals surface area contributed by atoms with Crippen LogP contribution in [0.1, 0.15) is 77.0 Å². The number of rotatable bonds is 13. The van der Waals surface area contributed by atoms with E-state index in [1.807, 2.05) is 0 Å². The van der Waals surface area contributed by atoms with Crippen LogP contribution in [0.25, 0.3) is 0 Å². The molecule has 0 spiro atoms. The third kappa shape index (κ3) is 14.6. The molecule has 0 rings (SSSR count). The Morgan fingerprint density at radius 2 is 1.15 bits per heavy atom. The Balaban J connectivity index is 3.11. The van der Waals surface area contributed by atoms with Gasteiger partial charge in [-0.25, -0.2) is 4.79 Å². The third-order valence-electron chi connectivity index (χ3n) is 3.20. The number of isocyanates is 1. The molecule has 0 radical (unpaired) electrons. The molecule has 1 N–H and O–H groups in total. The summed E-state index contributed by atoms with van der Waals surface area (Å²) in [6, 6.07) is 0. The van der Waals surface area contributed by atoms with Crippen LogP contribution in [0.3, 0.4) is 0 Å². The Hall–Kier alpha value is -1.48. The van der Waals surface area contributed by atoms with Crippen molar-refractivity contribution in [2.45, 2.75) is 77.0 Å². The van der Waals surface area contributed by atoms with Gasteiger partial charge in [-0.2, -0.15) is 0 Å². The van der Waals surface area contributed by atoms with Gasteiger partial charge >= 0.3 is 5.97 Å². The van der Waals surface area contributed by atoms with E-state index in [1.54, 1.807) is 0 Å². The molecule has 5 heteroatoms. The van der Waals surface area contributed by atoms with E-state index in [4.69, 9.17) is 5.11 Å². The van der Waals surface area contributed by atoms with Gasteiger partial charge in [-0.3, -0.25) is 9.59 Å². The van der Waals surface area contributed by atoms with E-state index >= 15 is 0 Å². The lowest BCUT2D eigenvalue weighted by atomic mass is 10.1. The van der Waals surface area contributed by atoms with Gasteiger partial charge in [0.2, 0.25) is 6.08 Å². The molecular formula is C15H25NO4. The topological polar surface area (TPSA) is 83.8 Å². The van der Waals surface area contributed by atoms with Gasteiger partial charge < -0.3 is 5.11 Å². The van der Waals surface area contributed by atoms with Crippen LogP contribution in [0.15, 0.2) is 4.99 Å². The summed E-state index contributed by atoms with van der Waals surface area (Å²) in [5, 5.41) is 8.48. The predicted molar refractivity (Wildman–Crippen MR) is 76.2 cm³/mol. The molecule has 0 saturated carbocycles. The highest BCUT2D eigenvalue weighted by atomic mass is 16.4. The number of hydrogen-bond acceptors (Lipinski definition) is 3. The molecule has 114 valence electrons. The van der Waals surface area contributed by atoms with Gasteiger partial charge in [-0.1, -0.05) is 51.4 Å². The number of carbonyl (C=O) groups is 2. The molecule has 0 bridgehead atoms. The highest BCUT2D eigenvalue weighted by Crippen LogP contribution is 2.12. The highest BCUT2D eigenvalue weighted by molar-refractivity contribution is 5.81. The fraction of sp³-hybridized carbons (Fsp3) is 0.800. The summed E-state index contributed by atoms with van der Waals surface area (Å²) in [5.74, 6) is -1.08. The monoisotopic (exact) mass is 283 g/mol. The van der Waals surface area contributed by atoms with Gasteiger partial charge in [-0.05, 0) is 12.8 Å². The third-order valence-corrected chi connectivity index (χ3v) is 3.20. The van der Waals surface area contributed by atoms with Crippen molar-refractivity contribution in [1.29, 1.82) is 0 Å². The zero-order valence-corrected chi connectivity index (χ0v) is 12.1. The Bertz CT molecular complexity index is 322. The largest absolute Gasteiger partial charge is 0.481 e. The molecule has 0 heterocycles. The van der Waals surface area contributed by atoms with E-state index < -0.39 is 5.97 Å². The van der Waals surface area contributed by atoms with Crippen molar-refractivity contribution < 1.29 is 19.5 Å². The normalized spacial score (nSPS) is 10.0. The summed E-state index contributed by atoms with van der Waals surface area (Å²) in [5.41, 5.74) is 0. The minimum Gasteiger partial charge on any atom is -0.481 e. The van der Waals surface area contributed by atoms with Crippen molar-refractivity contribution in [3.63, 3.8) is 0 Å². The first kappa shape index (κ1) is 18.5. The van der Waals surface area contributed by atoms with Crippen molar-refractivity contribution >= 4 is 18.0 Å². The Morgan fingerprint density at radius 1 is 0.750 bits per heavy atom. The fourth-order valence-electron chi connectivity index (χ4n) is 2.07. The Labute approximate surface area is 120 Å². The number of hydrogen-bond donors (Lipinski definition) is 1. The lowest BCUT2D eigenvalue weighted by molar-refractivity contribution is -0.137. The summed E-state index contributed by atoms with van der Waals surface area (Å²) in [6.45, 7) is 0. The molecule has 0 fully saturated rings. The fourth-order valence-corrected chi connectivity index (χ4v) is 2.07. The van der Waals surface area contributed by atoms with Gasteiger partial charge in [0, 0.05) is 12.8 Å². The van der Waals surface area contributed by atoms with Crippen LogP contribution in [0.4, 0.5) is 0 Å². The number of aliphatic carboxylic acids is 1. The number of nitrogens with zero attached hydrogens (tertiary/aromatic N) is 1. The average molecular weight is 283 g/mol. The zero-order chi connectivity index (χ0) is 15.1. The lowest BCUT2D eigenvalue weighted by Crippen LogP contribution is -1.93. The van der Waals surface area contributed by atoms with Gasteiger partial charge in [0.1, 0.15) is 0 Å². The highest BCUT2D eigenvalue weighted by Gasteiger charge is 1.99. The van der Waals surface area contributed by atoms with Crippen molar-refractivity contribution in [3.8, 4) is 0 Å². The number of carboxylic acid groups (broad SMARTS) is 1. The first-order chi connectivity index (χ1) is 9.66. The first-order valence-electron chi connectivity index (χ1n) is 7.49. The standard InChI is InChI=1S/C15H25NO4/c17-13-16-14(18)11-9-7-5-3-1-2-4-6-8-10-12-15(19)20/h1-12H2,(H,19,20). The molecule has 0 aliphatic rings. The summed E-state index contributed by atoms with van der Waals surface area (Å²) >= 11 is 0. The maximum absolute atomic E-state index is 10.9. The van der Waals surface area contributed by atoms with Crippen LogP contribution in [-0.2, 0) is 14.4 Å². The van der Waals surface area contributed by atoms with Gasteiger partial charge in [0.15, 0.2) is 0 Å². The number of amides is 1. The molecule has 0 aromatic rings. The first-order valence-corrected chi connectivity index (χ1v) is 7.49. The van der Waals surface area contributed by atoms with Crippen LogP contribution in [0.2, 0.25) is 0 Å². The molecule has 0 unspecified atom stereocenters. The minimum atomic E-state index is -0.706. The molecule has 1 amide bonds. The van der Waals surface area contributed by atoms with Gasteiger partial charge in [0.05, 0.1) is 0 Å². The molecule has 0 atom stereocenters. The van der Waals surface area contributed by atoms with Gasteiger partial charge in [-0.15, -0.1) is 4.99 Å². The van der Waals surface area contributed by atoms with Crippen LogP contribution >= 0.6 is 0 Å². The van der Waals surface area contributed by atoms with Crippen LogP contribution in [0, 0.1) is 0 Å². The van der Waals surface area contributed by atoms with Crippen molar-refractivity contribution in [2.75, 3.05) is 0 Å². The van der Waals surface area contributed by atoms with E-state index in [-0.39, 0.29) is 12.3 Å². The van der Waals surface area contributed by atoms with E-state index in [9.17, 15) is 14.4 Å². The number of carboxylic acids is 1. The molecule has 20 heavy (non-hydrogen) atoms. The Kier molecular flexibility index (Phi) is 12.9. The molecule has 0 aromatic heterocycles. The predicted octanol–water partition coefficient (Wildman–Crippen LogP) is 3.61. The minimum absolute atomic E-state index is 0.285.